The zero-order valence-corrected chi connectivity index (χ0v) is 11.9. The van der Waals surface area contributed by atoms with Crippen LogP contribution in [0.4, 0.5) is 0 Å². The van der Waals surface area contributed by atoms with Gasteiger partial charge >= 0.3 is 0 Å². The Morgan fingerprint density at radius 2 is 1.89 bits per heavy atom. The molecule has 1 fully saturated rings. The first-order valence-corrected chi connectivity index (χ1v) is 7.29. The van der Waals surface area contributed by atoms with Crippen LogP contribution in [0.25, 0.3) is 0 Å². The third-order valence-corrected chi connectivity index (χ3v) is 4.51. The molecular weight excluding hydrogens is 244 g/mol. The highest BCUT2D eigenvalue weighted by atomic mass is 32.1. The van der Waals surface area contributed by atoms with Crippen molar-refractivity contribution in [1.29, 1.82) is 0 Å². The lowest BCUT2D eigenvalue weighted by molar-refractivity contribution is 0.121. The standard InChI is InChI=1S/C15H22O2S/c1-16-13-6-5-7-14(10-13)17-11-15(12-18)8-3-2-4-9-15/h5-7,10,18H,2-4,8-9,11-12H2,1H3. The van der Waals surface area contributed by atoms with Crippen molar-refractivity contribution in [3.8, 4) is 11.5 Å². The normalized spacial score (nSPS) is 18.3. The molecule has 0 aromatic heterocycles. The Morgan fingerprint density at radius 1 is 1.17 bits per heavy atom. The summed E-state index contributed by atoms with van der Waals surface area (Å²) >= 11 is 4.53. The number of methoxy groups -OCH3 is 1. The van der Waals surface area contributed by atoms with E-state index in [0.717, 1.165) is 23.9 Å². The molecular formula is C15H22O2S. The Hall–Kier alpha value is -0.830. The van der Waals surface area contributed by atoms with Crippen LogP contribution in [-0.2, 0) is 0 Å². The van der Waals surface area contributed by atoms with Crippen LogP contribution in [0.2, 0.25) is 0 Å². The molecule has 0 aliphatic heterocycles. The topological polar surface area (TPSA) is 18.5 Å². The molecule has 0 amide bonds. The van der Waals surface area contributed by atoms with Gasteiger partial charge in [-0.2, -0.15) is 12.6 Å². The van der Waals surface area contributed by atoms with E-state index < -0.39 is 0 Å². The van der Waals surface area contributed by atoms with E-state index in [9.17, 15) is 0 Å². The third-order valence-electron chi connectivity index (χ3n) is 3.84. The van der Waals surface area contributed by atoms with Gasteiger partial charge in [-0.3, -0.25) is 0 Å². The Labute approximate surface area is 115 Å². The first kappa shape index (κ1) is 13.6. The van der Waals surface area contributed by atoms with Crippen LogP contribution in [0, 0.1) is 5.41 Å². The molecule has 0 unspecified atom stereocenters. The molecule has 3 heteroatoms. The van der Waals surface area contributed by atoms with E-state index in [1.807, 2.05) is 24.3 Å². The summed E-state index contributed by atoms with van der Waals surface area (Å²) in [6.45, 7) is 0.768. The molecule has 1 aliphatic carbocycles. The maximum absolute atomic E-state index is 5.95. The first-order valence-electron chi connectivity index (χ1n) is 6.66. The SMILES string of the molecule is COc1cccc(OCC2(CS)CCCCC2)c1. The summed E-state index contributed by atoms with van der Waals surface area (Å²) in [5.41, 5.74) is 0.268. The maximum Gasteiger partial charge on any atom is 0.123 e. The third kappa shape index (κ3) is 3.35. The van der Waals surface area contributed by atoms with Crippen molar-refractivity contribution >= 4 is 12.6 Å². The van der Waals surface area contributed by atoms with Gasteiger partial charge in [0, 0.05) is 11.5 Å². The monoisotopic (exact) mass is 266 g/mol. The highest BCUT2D eigenvalue weighted by molar-refractivity contribution is 7.80. The van der Waals surface area contributed by atoms with Gasteiger partial charge < -0.3 is 9.47 Å². The molecule has 100 valence electrons. The van der Waals surface area contributed by atoms with Crippen LogP contribution in [0.3, 0.4) is 0 Å². The fraction of sp³-hybridized carbons (Fsp3) is 0.600. The molecule has 1 aliphatic rings. The average Bonchev–Trinajstić information content (AvgIpc) is 2.46. The first-order chi connectivity index (χ1) is 8.78. The van der Waals surface area contributed by atoms with Gasteiger partial charge in [0.2, 0.25) is 0 Å². The number of thiol groups is 1. The molecule has 0 spiro atoms. The number of rotatable bonds is 5. The molecule has 1 saturated carbocycles. The van der Waals surface area contributed by atoms with Crippen LogP contribution in [0.5, 0.6) is 11.5 Å². The minimum atomic E-state index is 0.268. The molecule has 0 heterocycles. The largest absolute Gasteiger partial charge is 0.497 e. The van der Waals surface area contributed by atoms with Crippen molar-refractivity contribution in [3.05, 3.63) is 24.3 Å². The highest BCUT2D eigenvalue weighted by Gasteiger charge is 2.31. The Balaban J connectivity index is 1.96. The number of hydrogen-bond acceptors (Lipinski definition) is 3. The second-order valence-electron chi connectivity index (χ2n) is 5.19. The van der Waals surface area contributed by atoms with E-state index in [0.29, 0.717) is 0 Å². The van der Waals surface area contributed by atoms with Gasteiger partial charge in [-0.15, -0.1) is 0 Å². The molecule has 0 saturated heterocycles. The molecule has 0 atom stereocenters. The quantitative estimate of drug-likeness (QED) is 0.813. The van der Waals surface area contributed by atoms with Crippen LogP contribution in [0.15, 0.2) is 24.3 Å². The van der Waals surface area contributed by atoms with Gasteiger partial charge in [0.25, 0.3) is 0 Å². The lowest BCUT2D eigenvalue weighted by Crippen LogP contribution is -2.32. The summed E-state index contributed by atoms with van der Waals surface area (Å²) in [6, 6.07) is 7.82. The predicted molar refractivity (Wildman–Crippen MR) is 77.9 cm³/mol. The fourth-order valence-corrected chi connectivity index (χ4v) is 2.98. The molecule has 0 N–H and O–H groups in total. The second kappa shape index (κ2) is 6.37. The highest BCUT2D eigenvalue weighted by Crippen LogP contribution is 2.37. The zero-order valence-electron chi connectivity index (χ0n) is 11.0. The van der Waals surface area contributed by atoms with Gasteiger partial charge in [0.1, 0.15) is 11.5 Å². The van der Waals surface area contributed by atoms with Crippen molar-refractivity contribution in [2.24, 2.45) is 5.41 Å². The molecule has 0 radical (unpaired) electrons. The van der Waals surface area contributed by atoms with Crippen LogP contribution < -0.4 is 9.47 Å². The maximum atomic E-state index is 5.95. The predicted octanol–water partition coefficient (Wildman–Crippen LogP) is 3.95. The number of benzene rings is 1. The van der Waals surface area contributed by atoms with Crippen LogP contribution >= 0.6 is 12.6 Å². The van der Waals surface area contributed by atoms with E-state index in [2.05, 4.69) is 12.6 Å². The lowest BCUT2D eigenvalue weighted by Gasteiger charge is -2.35. The second-order valence-corrected chi connectivity index (χ2v) is 5.50. The molecule has 18 heavy (non-hydrogen) atoms. The summed E-state index contributed by atoms with van der Waals surface area (Å²) in [4.78, 5) is 0. The summed E-state index contributed by atoms with van der Waals surface area (Å²) in [5.74, 6) is 2.65. The van der Waals surface area contributed by atoms with Crippen molar-refractivity contribution < 1.29 is 9.47 Å². The number of hydrogen-bond donors (Lipinski definition) is 1. The Kier molecular flexibility index (Phi) is 4.81. The van der Waals surface area contributed by atoms with Crippen LogP contribution in [-0.4, -0.2) is 19.5 Å². The summed E-state index contributed by atoms with van der Waals surface area (Å²) in [5, 5.41) is 0. The molecule has 1 aromatic carbocycles. The van der Waals surface area contributed by atoms with Gasteiger partial charge in [0.15, 0.2) is 0 Å². The van der Waals surface area contributed by atoms with E-state index in [4.69, 9.17) is 9.47 Å². The van der Waals surface area contributed by atoms with Gasteiger partial charge in [0.05, 0.1) is 13.7 Å². The van der Waals surface area contributed by atoms with Crippen molar-refractivity contribution in [1.82, 2.24) is 0 Å². The Morgan fingerprint density at radius 3 is 2.56 bits per heavy atom. The van der Waals surface area contributed by atoms with Gasteiger partial charge in [-0.1, -0.05) is 25.3 Å². The van der Waals surface area contributed by atoms with Gasteiger partial charge in [-0.05, 0) is 30.7 Å². The molecule has 2 nitrogen and oxygen atoms in total. The summed E-state index contributed by atoms with van der Waals surface area (Å²) in [7, 11) is 1.68. The summed E-state index contributed by atoms with van der Waals surface area (Å²) in [6.07, 6.45) is 6.44. The van der Waals surface area contributed by atoms with E-state index in [-0.39, 0.29) is 5.41 Å². The zero-order chi connectivity index (χ0) is 12.8. The molecule has 2 rings (SSSR count). The fourth-order valence-electron chi connectivity index (χ4n) is 2.58. The van der Waals surface area contributed by atoms with Crippen molar-refractivity contribution in [3.63, 3.8) is 0 Å². The number of ether oxygens (including phenoxy) is 2. The Bertz CT molecular complexity index is 373. The minimum absolute atomic E-state index is 0.268. The van der Waals surface area contributed by atoms with Crippen molar-refractivity contribution in [2.45, 2.75) is 32.1 Å². The summed E-state index contributed by atoms with van der Waals surface area (Å²) < 4.78 is 11.2. The smallest absolute Gasteiger partial charge is 0.123 e. The minimum Gasteiger partial charge on any atom is -0.497 e. The van der Waals surface area contributed by atoms with E-state index in [1.165, 1.54) is 32.1 Å². The van der Waals surface area contributed by atoms with Crippen molar-refractivity contribution in [2.75, 3.05) is 19.5 Å². The molecule has 0 bridgehead atoms. The van der Waals surface area contributed by atoms with E-state index in [1.54, 1.807) is 7.11 Å². The van der Waals surface area contributed by atoms with Crippen LogP contribution in [0.1, 0.15) is 32.1 Å². The average molecular weight is 266 g/mol. The lowest BCUT2D eigenvalue weighted by atomic mass is 9.76. The van der Waals surface area contributed by atoms with E-state index >= 15 is 0 Å². The molecule has 1 aromatic rings. The van der Waals surface area contributed by atoms with Gasteiger partial charge in [-0.25, -0.2) is 0 Å².